The number of non-ortho nitro benzene ring substituents is 1. The standard InChI is InChI=1S/C17H12N2O5/c20-17(23-11-13-3-1-2-10-18-13)16-9-8-15(24-16)12-4-6-14(7-5-12)19(21)22/h1-10H,11H2. The highest BCUT2D eigenvalue weighted by atomic mass is 16.6. The molecule has 0 unspecified atom stereocenters. The Labute approximate surface area is 136 Å². The molecule has 0 aliphatic rings. The first-order chi connectivity index (χ1) is 11.6. The van der Waals surface area contributed by atoms with Crippen molar-refractivity contribution in [3.8, 4) is 11.3 Å². The van der Waals surface area contributed by atoms with Gasteiger partial charge in [-0.1, -0.05) is 6.07 Å². The second-order valence-electron chi connectivity index (χ2n) is 4.87. The number of pyridine rings is 1. The van der Waals surface area contributed by atoms with Crippen molar-refractivity contribution in [3.63, 3.8) is 0 Å². The van der Waals surface area contributed by atoms with Gasteiger partial charge in [0.15, 0.2) is 0 Å². The van der Waals surface area contributed by atoms with Gasteiger partial charge in [0.2, 0.25) is 5.76 Å². The molecule has 0 saturated heterocycles. The number of carbonyl (C=O) groups excluding carboxylic acids is 1. The average molecular weight is 324 g/mol. The Morgan fingerprint density at radius 1 is 1.12 bits per heavy atom. The lowest BCUT2D eigenvalue weighted by atomic mass is 10.1. The third-order valence-electron chi connectivity index (χ3n) is 3.25. The highest BCUT2D eigenvalue weighted by Gasteiger charge is 2.15. The molecule has 0 bridgehead atoms. The molecule has 0 atom stereocenters. The van der Waals surface area contributed by atoms with E-state index in [4.69, 9.17) is 9.15 Å². The molecule has 7 nitrogen and oxygen atoms in total. The van der Waals surface area contributed by atoms with Crippen molar-refractivity contribution in [3.05, 3.63) is 82.4 Å². The van der Waals surface area contributed by atoms with Crippen LogP contribution in [0.2, 0.25) is 0 Å². The first-order valence-corrected chi connectivity index (χ1v) is 7.05. The van der Waals surface area contributed by atoms with Crippen molar-refractivity contribution in [2.75, 3.05) is 0 Å². The normalized spacial score (nSPS) is 10.3. The zero-order valence-corrected chi connectivity index (χ0v) is 12.4. The molecule has 0 aliphatic heterocycles. The first-order valence-electron chi connectivity index (χ1n) is 7.05. The Morgan fingerprint density at radius 2 is 1.92 bits per heavy atom. The number of furan rings is 1. The van der Waals surface area contributed by atoms with Crippen LogP contribution in [-0.4, -0.2) is 15.9 Å². The van der Waals surface area contributed by atoms with Crippen LogP contribution in [-0.2, 0) is 11.3 Å². The summed E-state index contributed by atoms with van der Waals surface area (Å²) in [5.41, 5.74) is 1.25. The van der Waals surface area contributed by atoms with E-state index in [1.54, 1.807) is 42.6 Å². The van der Waals surface area contributed by atoms with Crippen LogP contribution in [0.15, 0.2) is 65.2 Å². The summed E-state index contributed by atoms with van der Waals surface area (Å²) in [5.74, 6) is -0.122. The maximum Gasteiger partial charge on any atom is 0.374 e. The quantitative estimate of drug-likeness (QED) is 0.404. The molecule has 3 rings (SSSR count). The van der Waals surface area contributed by atoms with E-state index < -0.39 is 10.9 Å². The molecule has 2 heterocycles. The molecule has 3 aromatic rings. The van der Waals surface area contributed by atoms with Crippen LogP contribution in [0.4, 0.5) is 5.69 Å². The fourth-order valence-corrected chi connectivity index (χ4v) is 2.04. The molecule has 0 saturated carbocycles. The van der Waals surface area contributed by atoms with E-state index in [1.807, 2.05) is 0 Å². The SMILES string of the molecule is O=C(OCc1ccccn1)c1ccc(-c2ccc([N+](=O)[O-])cc2)o1. The number of benzene rings is 1. The number of nitrogens with zero attached hydrogens (tertiary/aromatic N) is 2. The predicted molar refractivity (Wildman–Crippen MR) is 84.2 cm³/mol. The summed E-state index contributed by atoms with van der Waals surface area (Å²) in [6, 6.07) is 14.3. The van der Waals surface area contributed by atoms with Gasteiger partial charge in [-0.3, -0.25) is 15.1 Å². The van der Waals surface area contributed by atoms with E-state index in [0.717, 1.165) is 0 Å². The minimum atomic E-state index is -0.603. The third-order valence-corrected chi connectivity index (χ3v) is 3.25. The first kappa shape index (κ1) is 15.4. The van der Waals surface area contributed by atoms with Crippen LogP contribution in [0.25, 0.3) is 11.3 Å². The number of carbonyl (C=O) groups is 1. The van der Waals surface area contributed by atoms with Crippen LogP contribution in [0.3, 0.4) is 0 Å². The van der Waals surface area contributed by atoms with E-state index in [1.165, 1.54) is 18.2 Å². The summed E-state index contributed by atoms with van der Waals surface area (Å²) in [6.07, 6.45) is 1.61. The molecule has 1 aromatic carbocycles. The van der Waals surface area contributed by atoms with Gasteiger partial charge in [-0.2, -0.15) is 0 Å². The Hall–Kier alpha value is -3.48. The van der Waals surface area contributed by atoms with Gasteiger partial charge in [-0.15, -0.1) is 0 Å². The lowest BCUT2D eigenvalue weighted by molar-refractivity contribution is -0.384. The molecule has 0 fully saturated rings. The van der Waals surface area contributed by atoms with Gasteiger partial charge in [0, 0.05) is 23.9 Å². The monoisotopic (exact) mass is 324 g/mol. The highest BCUT2D eigenvalue weighted by molar-refractivity contribution is 5.87. The minimum absolute atomic E-state index is 0.0136. The number of hydrogen-bond donors (Lipinski definition) is 0. The zero-order chi connectivity index (χ0) is 16.9. The molecule has 24 heavy (non-hydrogen) atoms. The second-order valence-corrected chi connectivity index (χ2v) is 4.87. The van der Waals surface area contributed by atoms with Crippen LogP contribution in [0, 0.1) is 10.1 Å². The zero-order valence-electron chi connectivity index (χ0n) is 12.4. The van der Waals surface area contributed by atoms with Crippen molar-refractivity contribution < 1.29 is 18.9 Å². The topological polar surface area (TPSA) is 95.5 Å². The van der Waals surface area contributed by atoms with E-state index in [2.05, 4.69) is 4.98 Å². The summed E-state index contributed by atoms with van der Waals surface area (Å²) in [6.45, 7) is 0.0488. The smallest absolute Gasteiger partial charge is 0.374 e. The third kappa shape index (κ3) is 3.46. The van der Waals surface area contributed by atoms with E-state index in [-0.39, 0.29) is 18.1 Å². The van der Waals surface area contributed by atoms with Crippen LogP contribution in [0.5, 0.6) is 0 Å². The van der Waals surface area contributed by atoms with Crippen molar-refractivity contribution in [1.82, 2.24) is 4.98 Å². The Kier molecular flexibility index (Phi) is 4.33. The summed E-state index contributed by atoms with van der Waals surface area (Å²) in [5, 5.41) is 10.6. The molecule has 0 amide bonds. The van der Waals surface area contributed by atoms with Crippen molar-refractivity contribution in [2.24, 2.45) is 0 Å². The predicted octanol–water partition coefficient (Wildman–Crippen LogP) is 3.61. The average Bonchev–Trinajstić information content (AvgIpc) is 3.11. The van der Waals surface area contributed by atoms with Gasteiger partial charge in [-0.25, -0.2) is 4.79 Å². The van der Waals surface area contributed by atoms with Gasteiger partial charge >= 0.3 is 5.97 Å². The van der Waals surface area contributed by atoms with Crippen LogP contribution in [0.1, 0.15) is 16.2 Å². The molecule has 0 radical (unpaired) electrons. The number of esters is 1. The van der Waals surface area contributed by atoms with E-state index in [9.17, 15) is 14.9 Å². The summed E-state index contributed by atoms with van der Waals surface area (Å²) >= 11 is 0. The molecule has 2 aromatic heterocycles. The molecule has 7 heteroatoms. The maximum atomic E-state index is 12.0. The molecular formula is C17H12N2O5. The van der Waals surface area contributed by atoms with Crippen LogP contribution < -0.4 is 0 Å². The molecular weight excluding hydrogens is 312 g/mol. The molecule has 0 aliphatic carbocycles. The van der Waals surface area contributed by atoms with Crippen molar-refractivity contribution in [1.29, 1.82) is 0 Å². The fraction of sp³-hybridized carbons (Fsp3) is 0.0588. The van der Waals surface area contributed by atoms with Crippen molar-refractivity contribution in [2.45, 2.75) is 6.61 Å². The van der Waals surface area contributed by atoms with Gasteiger partial charge in [-0.05, 0) is 36.4 Å². The Balaban J connectivity index is 1.68. The molecule has 0 spiro atoms. The number of nitro benzene ring substituents is 1. The maximum absolute atomic E-state index is 12.0. The van der Waals surface area contributed by atoms with Gasteiger partial charge in [0.25, 0.3) is 5.69 Å². The van der Waals surface area contributed by atoms with Crippen LogP contribution >= 0.6 is 0 Å². The lowest BCUT2D eigenvalue weighted by Gasteiger charge is -2.02. The Morgan fingerprint density at radius 3 is 2.58 bits per heavy atom. The summed E-state index contributed by atoms with van der Waals surface area (Å²) in [7, 11) is 0. The number of rotatable bonds is 5. The van der Waals surface area contributed by atoms with E-state index >= 15 is 0 Å². The fourth-order valence-electron chi connectivity index (χ4n) is 2.04. The summed E-state index contributed by atoms with van der Waals surface area (Å²) in [4.78, 5) is 26.2. The Bertz CT molecular complexity index is 856. The lowest BCUT2D eigenvalue weighted by Crippen LogP contribution is -2.04. The molecule has 0 N–H and O–H groups in total. The van der Waals surface area contributed by atoms with Gasteiger partial charge < -0.3 is 9.15 Å². The highest BCUT2D eigenvalue weighted by Crippen LogP contribution is 2.24. The minimum Gasteiger partial charge on any atom is -0.453 e. The van der Waals surface area contributed by atoms with Gasteiger partial charge in [0.1, 0.15) is 12.4 Å². The number of aromatic nitrogens is 1. The van der Waals surface area contributed by atoms with E-state index in [0.29, 0.717) is 17.0 Å². The van der Waals surface area contributed by atoms with Gasteiger partial charge in [0.05, 0.1) is 10.6 Å². The second kappa shape index (κ2) is 6.74. The molecule has 120 valence electrons. The largest absolute Gasteiger partial charge is 0.453 e. The van der Waals surface area contributed by atoms with Crippen molar-refractivity contribution >= 4 is 11.7 Å². The summed E-state index contributed by atoms with van der Waals surface area (Å²) < 4.78 is 10.6. The number of ether oxygens (including phenoxy) is 1. The number of nitro groups is 1. The number of hydrogen-bond acceptors (Lipinski definition) is 6.